The molecular formula is C25H30N8O. The van der Waals surface area contributed by atoms with Crippen LogP contribution >= 0.6 is 0 Å². The number of aromatic nitrogens is 7. The van der Waals surface area contributed by atoms with Crippen LogP contribution in [0, 0.1) is 6.92 Å². The van der Waals surface area contributed by atoms with E-state index in [0.717, 1.165) is 71.8 Å². The van der Waals surface area contributed by atoms with Crippen molar-refractivity contribution in [3.8, 4) is 39.9 Å². The molecular weight excluding hydrogens is 428 g/mol. The van der Waals surface area contributed by atoms with E-state index < -0.39 is 0 Å². The lowest BCUT2D eigenvalue weighted by atomic mass is 10.0. The third-order valence-corrected chi connectivity index (χ3v) is 6.63. The fourth-order valence-corrected chi connectivity index (χ4v) is 4.99. The van der Waals surface area contributed by atoms with Gasteiger partial charge in [0.05, 0.1) is 23.8 Å². The molecule has 1 N–H and O–H groups in total. The Morgan fingerprint density at radius 3 is 2.88 bits per heavy atom. The van der Waals surface area contributed by atoms with Crippen molar-refractivity contribution in [1.29, 1.82) is 0 Å². The molecule has 6 rings (SSSR count). The molecule has 0 radical (unpaired) electrons. The van der Waals surface area contributed by atoms with Crippen LogP contribution in [-0.2, 0) is 6.54 Å². The fraction of sp³-hybridized carbons (Fsp3) is 0.440. The quantitative estimate of drug-likeness (QED) is 0.499. The summed E-state index contributed by atoms with van der Waals surface area (Å²) in [5, 5.41) is 12.7. The SMILES string of the molecule is Cc1nc(-c2cn3c(n2)-c2ccc(-c4ccnn4C4CCCNC4)cc2OCC3)n(C(C)C)n1. The molecule has 0 spiro atoms. The Hall–Kier alpha value is -3.46. The van der Waals surface area contributed by atoms with E-state index in [1.165, 1.54) is 6.42 Å². The van der Waals surface area contributed by atoms with Crippen LogP contribution in [-0.4, -0.2) is 53.8 Å². The predicted octanol–water partition coefficient (Wildman–Crippen LogP) is 3.88. The van der Waals surface area contributed by atoms with Gasteiger partial charge in [-0.15, -0.1) is 0 Å². The molecule has 2 aliphatic rings. The Bertz CT molecular complexity index is 1320. The lowest BCUT2D eigenvalue weighted by Gasteiger charge is -2.25. The van der Waals surface area contributed by atoms with Crippen LogP contribution in [0.25, 0.3) is 34.2 Å². The minimum absolute atomic E-state index is 0.208. The molecule has 4 aromatic rings. The number of ether oxygens (including phenoxy) is 1. The molecule has 0 bridgehead atoms. The molecule has 5 heterocycles. The van der Waals surface area contributed by atoms with Crippen LogP contribution in [0.15, 0.2) is 36.7 Å². The number of nitrogens with zero attached hydrogens (tertiary/aromatic N) is 7. The molecule has 34 heavy (non-hydrogen) atoms. The Labute approximate surface area is 198 Å². The number of aryl methyl sites for hydroxylation is 1. The maximum atomic E-state index is 6.19. The minimum atomic E-state index is 0.208. The standard InChI is InChI=1S/C25H30N8O/c1-16(2)32-25(28-17(3)30-32)21-15-31-11-12-34-23-13-18(6-7-20(23)24(31)29-21)22-8-10-27-33(22)19-5-4-9-26-14-19/h6-8,10,13,15-16,19,26H,4-5,9,11-12,14H2,1-3H3. The van der Waals surface area contributed by atoms with E-state index in [1.54, 1.807) is 0 Å². The van der Waals surface area contributed by atoms with Crippen LogP contribution in [0.5, 0.6) is 5.75 Å². The molecule has 9 heteroatoms. The smallest absolute Gasteiger partial charge is 0.178 e. The number of benzene rings is 1. The lowest BCUT2D eigenvalue weighted by Crippen LogP contribution is -2.32. The van der Waals surface area contributed by atoms with Crippen molar-refractivity contribution < 1.29 is 4.74 Å². The monoisotopic (exact) mass is 458 g/mol. The van der Waals surface area contributed by atoms with Gasteiger partial charge in [0.1, 0.15) is 29.7 Å². The molecule has 3 aromatic heterocycles. The summed E-state index contributed by atoms with van der Waals surface area (Å²) < 4.78 is 12.5. The number of imidazole rings is 1. The topological polar surface area (TPSA) is 87.6 Å². The summed E-state index contributed by atoms with van der Waals surface area (Å²) in [5.41, 5.74) is 4.06. The van der Waals surface area contributed by atoms with E-state index in [0.29, 0.717) is 12.6 Å². The first-order valence-corrected chi connectivity index (χ1v) is 12.1. The van der Waals surface area contributed by atoms with Gasteiger partial charge in [-0.25, -0.2) is 14.6 Å². The summed E-state index contributed by atoms with van der Waals surface area (Å²) in [5.74, 6) is 3.31. The normalized spacial score (nSPS) is 17.8. The zero-order valence-corrected chi connectivity index (χ0v) is 19.9. The van der Waals surface area contributed by atoms with Gasteiger partial charge in [0.25, 0.3) is 0 Å². The molecule has 1 fully saturated rings. The molecule has 1 saturated heterocycles. The van der Waals surface area contributed by atoms with Gasteiger partial charge in [-0.3, -0.25) is 4.68 Å². The highest BCUT2D eigenvalue weighted by Crippen LogP contribution is 2.37. The van der Waals surface area contributed by atoms with Crippen molar-refractivity contribution in [1.82, 2.24) is 39.4 Å². The highest BCUT2D eigenvalue weighted by atomic mass is 16.5. The van der Waals surface area contributed by atoms with Gasteiger partial charge in [-0.05, 0) is 58.4 Å². The minimum Gasteiger partial charge on any atom is -0.491 e. The second-order valence-corrected chi connectivity index (χ2v) is 9.38. The molecule has 1 aromatic carbocycles. The van der Waals surface area contributed by atoms with Gasteiger partial charge in [0, 0.05) is 30.5 Å². The average Bonchev–Trinajstić information content (AvgIpc) is 3.56. The Morgan fingerprint density at radius 2 is 2.06 bits per heavy atom. The predicted molar refractivity (Wildman–Crippen MR) is 130 cm³/mol. The van der Waals surface area contributed by atoms with Crippen LogP contribution < -0.4 is 10.1 Å². The lowest BCUT2D eigenvalue weighted by molar-refractivity contribution is 0.306. The molecule has 2 aliphatic heterocycles. The number of hydrogen-bond acceptors (Lipinski definition) is 6. The number of fused-ring (bicyclic) bond motifs is 3. The Morgan fingerprint density at radius 1 is 1.15 bits per heavy atom. The molecule has 0 saturated carbocycles. The van der Waals surface area contributed by atoms with Gasteiger partial charge in [-0.2, -0.15) is 10.2 Å². The molecule has 1 unspecified atom stereocenters. The third kappa shape index (κ3) is 3.60. The number of rotatable bonds is 4. The maximum Gasteiger partial charge on any atom is 0.178 e. The van der Waals surface area contributed by atoms with E-state index >= 15 is 0 Å². The van der Waals surface area contributed by atoms with E-state index in [9.17, 15) is 0 Å². The second-order valence-electron chi connectivity index (χ2n) is 9.38. The first-order valence-electron chi connectivity index (χ1n) is 12.1. The van der Waals surface area contributed by atoms with Crippen molar-refractivity contribution >= 4 is 0 Å². The zero-order chi connectivity index (χ0) is 23.2. The van der Waals surface area contributed by atoms with Crippen molar-refractivity contribution in [2.75, 3.05) is 19.7 Å². The summed E-state index contributed by atoms with van der Waals surface area (Å²) in [4.78, 5) is 9.65. The molecule has 0 aliphatic carbocycles. The summed E-state index contributed by atoms with van der Waals surface area (Å²) in [6.07, 6.45) is 6.27. The first kappa shape index (κ1) is 21.1. The molecule has 176 valence electrons. The number of hydrogen-bond donors (Lipinski definition) is 1. The van der Waals surface area contributed by atoms with Crippen LogP contribution in [0.1, 0.15) is 44.6 Å². The summed E-state index contributed by atoms with van der Waals surface area (Å²) in [6, 6.07) is 9.07. The largest absolute Gasteiger partial charge is 0.491 e. The van der Waals surface area contributed by atoms with E-state index in [2.05, 4.69) is 74.1 Å². The molecule has 9 nitrogen and oxygen atoms in total. The highest BCUT2D eigenvalue weighted by molar-refractivity contribution is 5.74. The van der Waals surface area contributed by atoms with Gasteiger partial charge >= 0.3 is 0 Å². The summed E-state index contributed by atoms with van der Waals surface area (Å²) in [7, 11) is 0. The average molecular weight is 459 g/mol. The third-order valence-electron chi connectivity index (χ3n) is 6.63. The van der Waals surface area contributed by atoms with E-state index in [4.69, 9.17) is 9.72 Å². The van der Waals surface area contributed by atoms with Crippen LogP contribution in [0.4, 0.5) is 0 Å². The molecule has 0 amide bonds. The summed E-state index contributed by atoms with van der Waals surface area (Å²) >= 11 is 0. The molecule has 1 atom stereocenters. The van der Waals surface area contributed by atoms with Gasteiger partial charge in [0.2, 0.25) is 0 Å². The fourth-order valence-electron chi connectivity index (χ4n) is 4.99. The number of nitrogens with one attached hydrogen (secondary N) is 1. The Balaban J connectivity index is 1.38. The van der Waals surface area contributed by atoms with Gasteiger partial charge in [-0.1, -0.05) is 6.07 Å². The first-order chi connectivity index (χ1) is 16.6. The van der Waals surface area contributed by atoms with Crippen LogP contribution in [0.3, 0.4) is 0 Å². The van der Waals surface area contributed by atoms with Crippen molar-refractivity contribution in [2.45, 2.75) is 52.2 Å². The number of piperidine rings is 1. The van der Waals surface area contributed by atoms with Crippen LogP contribution in [0.2, 0.25) is 0 Å². The van der Waals surface area contributed by atoms with Gasteiger partial charge < -0.3 is 14.6 Å². The summed E-state index contributed by atoms with van der Waals surface area (Å²) in [6.45, 7) is 9.49. The van der Waals surface area contributed by atoms with E-state index in [-0.39, 0.29) is 6.04 Å². The van der Waals surface area contributed by atoms with Crippen molar-refractivity contribution in [3.63, 3.8) is 0 Å². The second kappa shape index (κ2) is 8.39. The van der Waals surface area contributed by atoms with E-state index in [1.807, 2.05) is 17.8 Å². The maximum absolute atomic E-state index is 6.19. The zero-order valence-electron chi connectivity index (χ0n) is 19.9. The highest BCUT2D eigenvalue weighted by Gasteiger charge is 2.24. The van der Waals surface area contributed by atoms with Crippen molar-refractivity contribution in [3.05, 3.63) is 42.5 Å². The van der Waals surface area contributed by atoms with Crippen molar-refractivity contribution in [2.24, 2.45) is 0 Å². The Kier molecular flexibility index (Phi) is 5.21. The van der Waals surface area contributed by atoms with Gasteiger partial charge in [0.15, 0.2) is 5.82 Å².